The van der Waals surface area contributed by atoms with Gasteiger partial charge in [-0.2, -0.15) is 0 Å². The number of fused-ring (bicyclic) bond motifs is 3. The molecule has 0 saturated heterocycles. The van der Waals surface area contributed by atoms with Crippen molar-refractivity contribution in [2.24, 2.45) is 0 Å². The number of nitrogen functional groups attached to an aromatic ring is 2. The molecule has 0 spiro atoms. The molecule has 3 aromatic carbocycles. The summed E-state index contributed by atoms with van der Waals surface area (Å²) in [6, 6.07) is 19.5. The summed E-state index contributed by atoms with van der Waals surface area (Å²) in [5.74, 6) is 0. The van der Waals surface area contributed by atoms with E-state index in [2.05, 4.69) is 89.2 Å². The largest absolute Gasteiger partial charge is 0.397 e. The Bertz CT molecular complexity index is 1040. The van der Waals surface area contributed by atoms with Gasteiger partial charge in [0.2, 0.25) is 0 Å². The van der Waals surface area contributed by atoms with E-state index >= 15 is 0 Å². The van der Waals surface area contributed by atoms with Gasteiger partial charge in [0.05, 0.1) is 11.4 Å². The van der Waals surface area contributed by atoms with Gasteiger partial charge in [0.1, 0.15) is 0 Å². The normalized spacial score (nSPS) is 14.7. The van der Waals surface area contributed by atoms with E-state index in [0.717, 1.165) is 0 Å². The van der Waals surface area contributed by atoms with Gasteiger partial charge in [-0.1, -0.05) is 77.1 Å². The smallest absolute Gasteiger partial charge is 0.0554 e. The summed E-state index contributed by atoms with van der Waals surface area (Å²) in [4.78, 5) is 0. The lowest BCUT2D eigenvalue weighted by atomic mass is 9.76. The van der Waals surface area contributed by atoms with Crippen LogP contribution in [0.15, 0.2) is 54.6 Å². The number of hydrogen-bond acceptors (Lipinski definition) is 2. The Kier molecular flexibility index (Phi) is 3.68. The highest BCUT2D eigenvalue weighted by Gasteiger charge is 2.39. The molecule has 1 aliphatic rings. The van der Waals surface area contributed by atoms with Crippen LogP contribution in [0.2, 0.25) is 0 Å². The second-order valence-corrected chi connectivity index (χ2v) is 9.21. The molecule has 0 aromatic heterocycles. The second-order valence-electron chi connectivity index (χ2n) is 9.21. The molecule has 0 fully saturated rings. The van der Waals surface area contributed by atoms with E-state index < -0.39 is 0 Å². The van der Waals surface area contributed by atoms with E-state index in [1.165, 1.54) is 38.9 Å². The van der Waals surface area contributed by atoms with Crippen molar-refractivity contribution in [3.05, 3.63) is 71.3 Å². The van der Waals surface area contributed by atoms with E-state index in [-0.39, 0.29) is 10.8 Å². The lowest BCUT2D eigenvalue weighted by Gasteiger charge is -2.27. The van der Waals surface area contributed by atoms with Crippen LogP contribution in [-0.2, 0) is 10.8 Å². The van der Waals surface area contributed by atoms with E-state index in [9.17, 15) is 0 Å². The molecule has 0 bridgehead atoms. The van der Waals surface area contributed by atoms with Crippen LogP contribution in [-0.4, -0.2) is 0 Å². The van der Waals surface area contributed by atoms with Crippen molar-refractivity contribution in [3.63, 3.8) is 0 Å². The highest BCUT2D eigenvalue weighted by molar-refractivity contribution is 5.92. The van der Waals surface area contributed by atoms with E-state index in [1.807, 2.05) is 0 Å². The molecule has 138 valence electrons. The molecule has 2 heteroatoms. The molecule has 1 aliphatic carbocycles. The molecular formula is C25H28N2. The molecule has 27 heavy (non-hydrogen) atoms. The third-order valence-electron chi connectivity index (χ3n) is 5.90. The first-order chi connectivity index (χ1) is 12.6. The third-order valence-corrected chi connectivity index (χ3v) is 5.90. The van der Waals surface area contributed by atoms with Gasteiger partial charge in [0.15, 0.2) is 0 Å². The topological polar surface area (TPSA) is 52.0 Å². The minimum absolute atomic E-state index is 0.0603. The standard InChI is InChI=1S/C25H28N2/c1-24(2,3)16-11-17(15-9-7-6-8-10-15)23-19(12-16)18-13-21(26)22(27)14-20(18)25(23,4)5/h6-14H,26-27H2,1-5H3. The zero-order valence-electron chi connectivity index (χ0n) is 16.9. The predicted octanol–water partition coefficient (Wildman–Crippen LogP) is 6.12. The molecule has 0 radical (unpaired) electrons. The van der Waals surface area contributed by atoms with Gasteiger partial charge in [0, 0.05) is 5.41 Å². The molecule has 0 saturated carbocycles. The van der Waals surface area contributed by atoms with Crippen molar-refractivity contribution in [1.82, 2.24) is 0 Å². The van der Waals surface area contributed by atoms with Crippen LogP contribution in [0.3, 0.4) is 0 Å². The highest BCUT2D eigenvalue weighted by Crippen LogP contribution is 2.54. The highest BCUT2D eigenvalue weighted by atomic mass is 14.7. The van der Waals surface area contributed by atoms with Crippen LogP contribution in [0.4, 0.5) is 11.4 Å². The molecule has 2 nitrogen and oxygen atoms in total. The fourth-order valence-electron chi connectivity index (χ4n) is 4.31. The third kappa shape index (κ3) is 2.63. The van der Waals surface area contributed by atoms with Crippen molar-refractivity contribution in [1.29, 1.82) is 0 Å². The first-order valence-corrected chi connectivity index (χ1v) is 9.55. The number of benzene rings is 3. The summed E-state index contributed by atoms with van der Waals surface area (Å²) in [6.45, 7) is 11.4. The monoisotopic (exact) mass is 356 g/mol. The van der Waals surface area contributed by atoms with Crippen LogP contribution in [0.1, 0.15) is 51.3 Å². The quantitative estimate of drug-likeness (QED) is 0.516. The van der Waals surface area contributed by atoms with E-state index in [4.69, 9.17) is 11.5 Å². The molecule has 0 heterocycles. The average molecular weight is 357 g/mol. The maximum Gasteiger partial charge on any atom is 0.0554 e. The number of rotatable bonds is 1. The number of hydrogen-bond donors (Lipinski definition) is 2. The lowest BCUT2D eigenvalue weighted by Crippen LogP contribution is -2.18. The van der Waals surface area contributed by atoms with Crippen molar-refractivity contribution < 1.29 is 0 Å². The Balaban J connectivity index is 2.12. The Morgan fingerprint density at radius 1 is 0.741 bits per heavy atom. The fraction of sp³-hybridized carbons (Fsp3) is 0.280. The number of anilines is 2. The molecule has 4 rings (SSSR count). The second kappa shape index (κ2) is 5.63. The maximum absolute atomic E-state index is 6.19. The van der Waals surface area contributed by atoms with Crippen LogP contribution in [0.25, 0.3) is 22.3 Å². The fourth-order valence-corrected chi connectivity index (χ4v) is 4.31. The summed E-state index contributed by atoms with van der Waals surface area (Å²) in [5.41, 5.74) is 22.6. The average Bonchev–Trinajstić information content (AvgIpc) is 2.82. The summed E-state index contributed by atoms with van der Waals surface area (Å²) >= 11 is 0. The number of nitrogens with two attached hydrogens (primary N) is 2. The van der Waals surface area contributed by atoms with Crippen LogP contribution in [0, 0.1) is 0 Å². The Hall–Kier alpha value is -2.74. The SMILES string of the molecule is CC(C)(C)c1cc(-c2ccccc2)c2c(c1)-c1cc(N)c(N)cc1C2(C)C. The van der Waals surface area contributed by atoms with Crippen molar-refractivity contribution >= 4 is 11.4 Å². The minimum atomic E-state index is -0.131. The van der Waals surface area contributed by atoms with Gasteiger partial charge >= 0.3 is 0 Å². The Morgan fingerprint density at radius 2 is 1.33 bits per heavy atom. The van der Waals surface area contributed by atoms with Crippen LogP contribution < -0.4 is 11.5 Å². The molecule has 0 amide bonds. The lowest BCUT2D eigenvalue weighted by molar-refractivity contribution is 0.589. The van der Waals surface area contributed by atoms with E-state index in [1.54, 1.807) is 0 Å². The zero-order valence-corrected chi connectivity index (χ0v) is 16.9. The van der Waals surface area contributed by atoms with Gasteiger partial charge in [-0.15, -0.1) is 0 Å². The summed E-state index contributed by atoms with van der Waals surface area (Å²) in [5, 5.41) is 0. The van der Waals surface area contributed by atoms with Crippen LogP contribution >= 0.6 is 0 Å². The van der Waals surface area contributed by atoms with Crippen molar-refractivity contribution in [2.75, 3.05) is 11.5 Å². The van der Waals surface area contributed by atoms with E-state index in [0.29, 0.717) is 11.4 Å². The van der Waals surface area contributed by atoms with Gasteiger partial charge in [-0.3, -0.25) is 0 Å². The van der Waals surface area contributed by atoms with Gasteiger partial charge in [0.25, 0.3) is 0 Å². The van der Waals surface area contributed by atoms with Crippen molar-refractivity contribution in [2.45, 2.75) is 45.4 Å². The first-order valence-electron chi connectivity index (χ1n) is 9.55. The van der Waals surface area contributed by atoms with Crippen LogP contribution in [0.5, 0.6) is 0 Å². The minimum Gasteiger partial charge on any atom is -0.397 e. The molecule has 4 N–H and O–H groups in total. The summed E-state index contributed by atoms with van der Waals surface area (Å²) in [6.07, 6.45) is 0. The Labute approximate surface area is 162 Å². The Morgan fingerprint density at radius 3 is 1.96 bits per heavy atom. The molecule has 3 aromatic rings. The van der Waals surface area contributed by atoms with Gasteiger partial charge < -0.3 is 11.5 Å². The van der Waals surface area contributed by atoms with Crippen molar-refractivity contribution in [3.8, 4) is 22.3 Å². The molecule has 0 unspecified atom stereocenters. The molecular weight excluding hydrogens is 328 g/mol. The zero-order chi connectivity index (χ0) is 19.6. The summed E-state index contributed by atoms with van der Waals surface area (Å²) < 4.78 is 0. The molecule has 0 atom stereocenters. The predicted molar refractivity (Wildman–Crippen MR) is 117 cm³/mol. The van der Waals surface area contributed by atoms with Gasteiger partial charge in [-0.25, -0.2) is 0 Å². The summed E-state index contributed by atoms with van der Waals surface area (Å²) in [7, 11) is 0. The molecule has 0 aliphatic heterocycles. The van der Waals surface area contributed by atoms with Gasteiger partial charge in [-0.05, 0) is 56.5 Å². The maximum atomic E-state index is 6.19. The first kappa shape index (κ1) is 17.7.